The number of amides is 1. The third-order valence-corrected chi connectivity index (χ3v) is 4.27. The number of nitrogens with zero attached hydrogens (tertiary/aromatic N) is 1. The zero-order chi connectivity index (χ0) is 15.0. The number of methoxy groups -OCH3 is 1. The van der Waals surface area contributed by atoms with Crippen molar-refractivity contribution in [2.45, 2.75) is 12.5 Å². The maximum Gasteiger partial charge on any atom is 0.245 e. The SMILES string of the molecule is COCC1=CCN(c2cc3c(cc2Cl)C(N)C(=O)N3)CC1. The molecule has 1 unspecified atom stereocenters. The molecule has 0 saturated carbocycles. The maximum absolute atomic E-state index is 11.6. The summed E-state index contributed by atoms with van der Waals surface area (Å²) < 4.78 is 5.16. The average molecular weight is 308 g/mol. The van der Waals surface area contributed by atoms with Crippen molar-refractivity contribution in [2.75, 3.05) is 37.0 Å². The number of anilines is 2. The number of halogens is 1. The molecule has 0 aliphatic carbocycles. The van der Waals surface area contributed by atoms with Crippen molar-refractivity contribution in [1.29, 1.82) is 0 Å². The quantitative estimate of drug-likeness (QED) is 0.839. The van der Waals surface area contributed by atoms with E-state index in [4.69, 9.17) is 22.1 Å². The Morgan fingerprint density at radius 1 is 1.52 bits per heavy atom. The Labute approximate surface area is 128 Å². The van der Waals surface area contributed by atoms with Crippen molar-refractivity contribution < 1.29 is 9.53 Å². The second-order valence-corrected chi connectivity index (χ2v) is 5.76. The first kappa shape index (κ1) is 14.4. The topological polar surface area (TPSA) is 67.6 Å². The van der Waals surface area contributed by atoms with E-state index in [0.717, 1.165) is 36.4 Å². The molecule has 2 aliphatic heterocycles. The van der Waals surface area contributed by atoms with Gasteiger partial charge < -0.3 is 20.7 Å². The molecule has 0 fully saturated rings. The first-order valence-electron chi connectivity index (χ1n) is 6.92. The van der Waals surface area contributed by atoms with Crippen molar-refractivity contribution in [3.63, 3.8) is 0 Å². The maximum atomic E-state index is 11.6. The number of benzene rings is 1. The van der Waals surface area contributed by atoms with Gasteiger partial charge in [0.2, 0.25) is 5.91 Å². The molecule has 5 nitrogen and oxygen atoms in total. The van der Waals surface area contributed by atoms with Crippen LogP contribution in [0.25, 0.3) is 0 Å². The number of ether oxygens (including phenoxy) is 1. The van der Waals surface area contributed by atoms with Gasteiger partial charge in [-0.3, -0.25) is 4.79 Å². The zero-order valence-corrected chi connectivity index (χ0v) is 12.6. The molecule has 0 radical (unpaired) electrons. The fraction of sp³-hybridized carbons (Fsp3) is 0.400. The van der Waals surface area contributed by atoms with Gasteiger partial charge in [-0.1, -0.05) is 17.7 Å². The van der Waals surface area contributed by atoms with Crippen LogP contribution in [0.2, 0.25) is 5.02 Å². The van der Waals surface area contributed by atoms with Gasteiger partial charge in [0.15, 0.2) is 0 Å². The van der Waals surface area contributed by atoms with Gasteiger partial charge in [0.25, 0.3) is 0 Å². The van der Waals surface area contributed by atoms with Crippen molar-refractivity contribution in [3.05, 3.63) is 34.4 Å². The fourth-order valence-electron chi connectivity index (χ4n) is 2.78. The van der Waals surface area contributed by atoms with Crippen molar-refractivity contribution in [2.24, 2.45) is 5.73 Å². The van der Waals surface area contributed by atoms with Crippen LogP contribution in [0, 0.1) is 0 Å². The Kier molecular flexibility index (Phi) is 3.89. The lowest BCUT2D eigenvalue weighted by Gasteiger charge is -2.29. The normalized spacial score (nSPS) is 21.1. The monoisotopic (exact) mass is 307 g/mol. The van der Waals surface area contributed by atoms with E-state index in [9.17, 15) is 4.79 Å². The summed E-state index contributed by atoms with van der Waals surface area (Å²) in [7, 11) is 1.70. The molecule has 3 N–H and O–H groups in total. The van der Waals surface area contributed by atoms with E-state index in [2.05, 4.69) is 16.3 Å². The van der Waals surface area contributed by atoms with Gasteiger partial charge in [-0.2, -0.15) is 0 Å². The first-order valence-corrected chi connectivity index (χ1v) is 7.29. The summed E-state index contributed by atoms with van der Waals surface area (Å²) in [4.78, 5) is 13.8. The third-order valence-electron chi connectivity index (χ3n) is 3.97. The van der Waals surface area contributed by atoms with E-state index < -0.39 is 6.04 Å². The second kappa shape index (κ2) is 5.67. The molecule has 112 valence electrons. The number of carbonyl (C=O) groups excluding carboxylic acids is 1. The number of fused-ring (bicyclic) bond motifs is 1. The number of nitrogens with one attached hydrogen (secondary N) is 1. The van der Waals surface area contributed by atoms with E-state index in [-0.39, 0.29) is 5.91 Å². The van der Waals surface area contributed by atoms with Gasteiger partial charge in [0.05, 0.1) is 17.3 Å². The van der Waals surface area contributed by atoms with Gasteiger partial charge in [0.1, 0.15) is 6.04 Å². The predicted octanol–water partition coefficient (Wildman–Crippen LogP) is 2.07. The molecule has 2 aliphatic rings. The minimum atomic E-state index is -0.624. The van der Waals surface area contributed by atoms with E-state index in [1.54, 1.807) is 13.2 Å². The summed E-state index contributed by atoms with van der Waals surface area (Å²) in [6.07, 6.45) is 3.12. The summed E-state index contributed by atoms with van der Waals surface area (Å²) in [5, 5.41) is 3.43. The highest BCUT2D eigenvalue weighted by atomic mass is 35.5. The molecule has 1 aromatic carbocycles. The molecule has 2 heterocycles. The summed E-state index contributed by atoms with van der Waals surface area (Å²) in [5.41, 5.74) is 9.59. The molecule has 1 atom stereocenters. The minimum absolute atomic E-state index is 0.181. The van der Waals surface area contributed by atoms with E-state index in [1.807, 2.05) is 6.07 Å². The van der Waals surface area contributed by atoms with Crippen LogP contribution in [0.4, 0.5) is 11.4 Å². The zero-order valence-electron chi connectivity index (χ0n) is 11.9. The largest absolute Gasteiger partial charge is 0.380 e. The second-order valence-electron chi connectivity index (χ2n) is 5.35. The van der Waals surface area contributed by atoms with Crippen LogP contribution in [0.5, 0.6) is 0 Å². The first-order chi connectivity index (χ1) is 10.1. The van der Waals surface area contributed by atoms with Gasteiger partial charge in [0, 0.05) is 31.5 Å². The fourth-order valence-corrected chi connectivity index (χ4v) is 3.07. The average Bonchev–Trinajstić information content (AvgIpc) is 2.75. The molecule has 0 bridgehead atoms. The van der Waals surface area contributed by atoms with E-state index in [1.165, 1.54) is 5.57 Å². The van der Waals surface area contributed by atoms with E-state index in [0.29, 0.717) is 11.6 Å². The molecule has 21 heavy (non-hydrogen) atoms. The summed E-state index contributed by atoms with van der Waals surface area (Å²) in [6.45, 7) is 2.35. The number of carbonyl (C=O) groups is 1. The molecular weight excluding hydrogens is 290 g/mol. The summed E-state index contributed by atoms with van der Waals surface area (Å²) >= 11 is 6.37. The van der Waals surface area contributed by atoms with Crippen LogP contribution in [-0.4, -0.2) is 32.7 Å². The van der Waals surface area contributed by atoms with Crippen molar-refractivity contribution >= 4 is 28.9 Å². The smallest absolute Gasteiger partial charge is 0.245 e. The van der Waals surface area contributed by atoms with Crippen LogP contribution in [0.3, 0.4) is 0 Å². The Balaban J connectivity index is 1.85. The molecule has 1 amide bonds. The van der Waals surface area contributed by atoms with Gasteiger partial charge in [-0.05, 0) is 24.1 Å². The highest BCUT2D eigenvalue weighted by Gasteiger charge is 2.29. The molecule has 0 spiro atoms. The molecule has 6 heteroatoms. The van der Waals surface area contributed by atoms with Crippen LogP contribution >= 0.6 is 11.6 Å². The lowest BCUT2D eigenvalue weighted by atomic mass is 10.1. The number of rotatable bonds is 3. The molecule has 0 aromatic heterocycles. The number of hydrogen-bond acceptors (Lipinski definition) is 4. The van der Waals surface area contributed by atoms with Crippen LogP contribution in [-0.2, 0) is 9.53 Å². The number of nitrogens with two attached hydrogens (primary N) is 1. The minimum Gasteiger partial charge on any atom is -0.380 e. The highest BCUT2D eigenvalue weighted by molar-refractivity contribution is 6.33. The number of hydrogen-bond donors (Lipinski definition) is 2. The van der Waals surface area contributed by atoms with Crippen LogP contribution in [0.15, 0.2) is 23.8 Å². The standard InChI is InChI=1S/C15H18ClN3O2/c1-21-8-9-2-4-19(5-3-9)13-7-12-10(6-11(13)16)14(17)15(20)18-12/h2,6-7,14H,3-5,8,17H2,1H3,(H,18,20). The van der Waals surface area contributed by atoms with Gasteiger partial charge in [-0.15, -0.1) is 0 Å². The molecule has 1 aromatic rings. The Hall–Kier alpha value is -1.56. The lowest BCUT2D eigenvalue weighted by Crippen LogP contribution is -2.29. The molecular formula is C15H18ClN3O2. The molecule has 3 rings (SSSR count). The Morgan fingerprint density at radius 3 is 3.00 bits per heavy atom. The third kappa shape index (κ3) is 2.64. The molecule has 0 saturated heterocycles. The summed E-state index contributed by atoms with van der Waals surface area (Å²) in [6, 6.07) is 3.09. The van der Waals surface area contributed by atoms with Gasteiger partial charge in [-0.25, -0.2) is 0 Å². The van der Waals surface area contributed by atoms with E-state index >= 15 is 0 Å². The lowest BCUT2D eigenvalue weighted by molar-refractivity contribution is -0.116. The predicted molar refractivity (Wildman–Crippen MR) is 83.8 cm³/mol. The van der Waals surface area contributed by atoms with Crippen molar-refractivity contribution in [1.82, 2.24) is 0 Å². The highest BCUT2D eigenvalue weighted by Crippen LogP contribution is 2.38. The van der Waals surface area contributed by atoms with Gasteiger partial charge >= 0.3 is 0 Å². The van der Waals surface area contributed by atoms with Crippen molar-refractivity contribution in [3.8, 4) is 0 Å². The van der Waals surface area contributed by atoms with Crippen LogP contribution in [0.1, 0.15) is 18.0 Å². The van der Waals surface area contributed by atoms with Crippen LogP contribution < -0.4 is 16.0 Å². The Bertz CT molecular complexity index is 615. The Morgan fingerprint density at radius 2 is 2.33 bits per heavy atom. The summed E-state index contributed by atoms with van der Waals surface area (Å²) in [5.74, 6) is -0.181.